The second-order valence-corrected chi connectivity index (χ2v) is 5.23. The van der Waals surface area contributed by atoms with Gasteiger partial charge in [0, 0.05) is 19.0 Å². The average Bonchev–Trinajstić information content (AvgIpc) is 2.63. The third-order valence-electron chi connectivity index (χ3n) is 3.71. The van der Waals surface area contributed by atoms with Gasteiger partial charge in [-0.2, -0.15) is 0 Å². The van der Waals surface area contributed by atoms with Gasteiger partial charge in [-0.15, -0.1) is 0 Å². The van der Waals surface area contributed by atoms with E-state index in [-0.39, 0.29) is 6.04 Å². The molecule has 0 N–H and O–H groups in total. The van der Waals surface area contributed by atoms with Gasteiger partial charge >= 0.3 is 0 Å². The second kappa shape index (κ2) is 7.49. The molecule has 2 aromatic carbocycles. The molecule has 0 saturated carbocycles. The number of anilines is 1. The predicted molar refractivity (Wildman–Crippen MR) is 95.9 cm³/mol. The molecule has 0 aliphatic carbocycles. The summed E-state index contributed by atoms with van der Waals surface area (Å²) in [5, 5.41) is 0. The summed E-state index contributed by atoms with van der Waals surface area (Å²) in [6, 6.07) is 20.7. The summed E-state index contributed by atoms with van der Waals surface area (Å²) < 4.78 is 5.09. The van der Waals surface area contributed by atoms with Crippen LogP contribution in [-0.4, -0.2) is 19.8 Å². The van der Waals surface area contributed by atoms with E-state index in [1.54, 1.807) is 7.11 Å². The minimum atomic E-state index is -0.0278. The molecular formula is C21H19NO. The number of benzene rings is 2. The monoisotopic (exact) mass is 301 g/mol. The Morgan fingerprint density at radius 1 is 1.00 bits per heavy atom. The van der Waals surface area contributed by atoms with Crippen LogP contribution in [0.25, 0.3) is 5.57 Å². The van der Waals surface area contributed by atoms with Gasteiger partial charge in [0.1, 0.15) is 12.6 Å². The number of nitrogens with zero attached hydrogens (tertiary/aromatic N) is 1. The van der Waals surface area contributed by atoms with E-state index in [1.165, 1.54) is 11.1 Å². The first-order valence-corrected chi connectivity index (χ1v) is 7.64. The molecule has 0 amide bonds. The van der Waals surface area contributed by atoms with Gasteiger partial charge in [-0.1, -0.05) is 66.4 Å². The SMILES string of the molecule is COCC#CC1C(c2ccccc2)=CC=CN1c1ccccc1. The largest absolute Gasteiger partial charge is 0.372 e. The van der Waals surface area contributed by atoms with Crippen molar-refractivity contribution >= 4 is 11.3 Å². The zero-order valence-corrected chi connectivity index (χ0v) is 13.1. The molecule has 1 aliphatic rings. The van der Waals surface area contributed by atoms with Crippen molar-refractivity contribution in [1.29, 1.82) is 0 Å². The normalized spacial score (nSPS) is 16.5. The summed E-state index contributed by atoms with van der Waals surface area (Å²) >= 11 is 0. The Morgan fingerprint density at radius 3 is 2.39 bits per heavy atom. The van der Waals surface area contributed by atoms with Gasteiger partial charge in [0.2, 0.25) is 0 Å². The van der Waals surface area contributed by atoms with E-state index >= 15 is 0 Å². The van der Waals surface area contributed by atoms with Crippen molar-refractivity contribution in [3.63, 3.8) is 0 Å². The van der Waals surface area contributed by atoms with Gasteiger partial charge in [0.05, 0.1) is 0 Å². The maximum Gasteiger partial charge on any atom is 0.121 e. The third kappa shape index (κ3) is 3.53. The molecule has 0 radical (unpaired) electrons. The Morgan fingerprint density at radius 2 is 1.70 bits per heavy atom. The molecule has 1 atom stereocenters. The van der Waals surface area contributed by atoms with Crippen molar-refractivity contribution in [1.82, 2.24) is 0 Å². The van der Waals surface area contributed by atoms with E-state index in [0.29, 0.717) is 6.61 Å². The van der Waals surface area contributed by atoms with E-state index in [2.05, 4.69) is 71.5 Å². The van der Waals surface area contributed by atoms with E-state index in [1.807, 2.05) is 24.3 Å². The van der Waals surface area contributed by atoms with Crippen LogP contribution < -0.4 is 4.90 Å². The van der Waals surface area contributed by atoms with Crippen LogP contribution in [0.4, 0.5) is 5.69 Å². The molecule has 1 unspecified atom stereocenters. The highest BCUT2D eigenvalue weighted by Crippen LogP contribution is 2.29. The van der Waals surface area contributed by atoms with Crippen molar-refractivity contribution in [2.75, 3.05) is 18.6 Å². The number of hydrogen-bond acceptors (Lipinski definition) is 2. The van der Waals surface area contributed by atoms with Crippen molar-refractivity contribution in [3.05, 3.63) is 84.6 Å². The van der Waals surface area contributed by atoms with E-state index < -0.39 is 0 Å². The number of rotatable bonds is 3. The Balaban J connectivity index is 2.00. The fraction of sp³-hybridized carbons (Fsp3) is 0.143. The van der Waals surface area contributed by atoms with Crippen LogP contribution in [0.2, 0.25) is 0 Å². The molecular weight excluding hydrogens is 282 g/mol. The van der Waals surface area contributed by atoms with Crippen LogP contribution >= 0.6 is 0 Å². The first-order chi connectivity index (χ1) is 11.4. The minimum absolute atomic E-state index is 0.0278. The van der Waals surface area contributed by atoms with Crippen molar-refractivity contribution in [2.24, 2.45) is 0 Å². The fourth-order valence-electron chi connectivity index (χ4n) is 2.64. The number of hydrogen-bond donors (Lipinski definition) is 0. The highest BCUT2D eigenvalue weighted by molar-refractivity contribution is 5.80. The van der Waals surface area contributed by atoms with Crippen LogP contribution in [0, 0.1) is 11.8 Å². The van der Waals surface area contributed by atoms with Crippen molar-refractivity contribution < 1.29 is 4.74 Å². The quantitative estimate of drug-likeness (QED) is 0.791. The standard InChI is InChI=1S/C21H19NO/c1-23-17-9-15-21-20(18-10-4-2-5-11-18)14-8-16-22(21)19-12-6-3-7-13-19/h2-8,10-14,16,21H,17H2,1H3. The molecule has 0 saturated heterocycles. The molecule has 1 aliphatic heterocycles. The van der Waals surface area contributed by atoms with E-state index in [0.717, 1.165) is 5.69 Å². The first kappa shape index (κ1) is 15.1. The van der Waals surface area contributed by atoms with Crippen molar-refractivity contribution in [3.8, 4) is 11.8 Å². The number of methoxy groups -OCH3 is 1. The summed E-state index contributed by atoms with van der Waals surface area (Å²) in [6.45, 7) is 0.435. The van der Waals surface area contributed by atoms with Gasteiger partial charge < -0.3 is 9.64 Å². The fourth-order valence-corrected chi connectivity index (χ4v) is 2.64. The van der Waals surface area contributed by atoms with Crippen LogP contribution in [0.15, 0.2) is 79.0 Å². The molecule has 0 spiro atoms. The number of allylic oxidation sites excluding steroid dienone is 2. The lowest BCUT2D eigenvalue weighted by Gasteiger charge is -2.31. The van der Waals surface area contributed by atoms with Crippen LogP contribution in [0.5, 0.6) is 0 Å². The van der Waals surface area contributed by atoms with Crippen LogP contribution in [-0.2, 0) is 4.74 Å². The highest BCUT2D eigenvalue weighted by Gasteiger charge is 2.22. The molecule has 0 fully saturated rings. The Labute approximate surface area is 137 Å². The molecule has 2 nitrogen and oxygen atoms in total. The first-order valence-electron chi connectivity index (χ1n) is 7.64. The van der Waals surface area contributed by atoms with Gasteiger partial charge in [0.15, 0.2) is 0 Å². The maximum atomic E-state index is 5.09. The van der Waals surface area contributed by atoms with Gasteiger partial charge in [-0.3, -0.25) is 0 Å². The Bertz CT molecular complexity index is 751. The molecule has 2 heteroatoms. The smallest absolute Gasteiger partial charge is 0.121 e. The van der Waals surface area contributed by atoms with Crippen molar-refractivity contribution in [2.45, 2.75) is 6.04 Å². The summed E-state index contributed by atoms with van der Waals surface area (Å²) in [5.41, 5.74) is 3.51. The third-order valence-corrected chi connectivity index (χ3v) is 3.71. The summed E-state index contributed by atoms with van der Waals surface area (Å²) in [7, 11) is 1.67. The van der Waals surface area contributed by atoms with Crippen LogP contribution in [0.1, 0.15) is 5.56 Å². The average molecular weight is 301 g/mol. The van der Waals surface area contributed by atoms with E-state index in [9.17, 15) is 0 Å². The molecule has 2 aromatic rings. The molecule has 23 heavy (non-hydrogen) atoms. The van der Waals surface area contributed by atoms with Gasteiger partial charge in [-0.05, 0) is 29.3 Å². The minimum Gasteiger partial charge on any atom is -0.372 e. The zero-order valence-electron chi connectivity index (χ0n) is 13.1. The second-order valence-electron chi connectivity index (χ2n) is 5.23. The topological polar surface area (TPSA) is 12.5 Å². The lowest BCUT2D eigenvalue weighted by atomic mass is 9.95. The summed E-state index contributed by atoms with van der Waals surface area (Å²) in [5.74, 6) is 6.47. The lowest BCUT2D eigenvalue weighted by Crippen LogP contribution is -2.32. The lowest BCUT2D eigenvalue weighted by molar-refractivity contribution is 0.239. The van der Waals surface area contributed by atoms with Gasteiger partial charge in [0.25, 0.3) is 0 Å². The van der Waals surface area contributed by atoms with Crippen LogP contribution in [0.3, 0.4) is 0 Å². The molecule has 3 rings (SSSR count). The molecule has 114 valence electrons. The highest BCUT2D eigenvalue weighted by atomic mass is 16.5. The molecule has 1 heterocycles. The predicted octanol–water partition coefficient (Wildman–Crippen LogP) is 4.12. The number of para-hydroxylation sites is 1. The maximum absolute atomic E-state index is 5.09. The summed E-state index contributed by atoms with van der Waals surface area (Å²) in [6.07, 6.45) is 6.29. The van der Waals surface area contributed by atoms with E-state index in [4.69, 9.17) is 4.74 Å². The molecule has 0 bridgehead atoms. The molecule has 0 aromatic heterocycles. The summed E-state index contributed by atoms with van der Waals surface area (Å²) in [4.78, 5) is 2.20. The van der Waals surface area contributed by atoms with Gasteiger partial charge in [-0.25, -0.2) is 0 Å². The number of ether oxygens (including phenoxy) is 1. The zero-order chi connectivity index (χ0) is 15.9. The Kier molecular flexibility index (Phi) is 4.93. The Hall–Kier alpha value is -2.76.